The normalized spacial score (nSPS) is 10.2. The molecular formula is C22H27N3O4. The zero-order valence-electron chi connectivity index (χ0n) is 17.2. The van der Waals surface area contributed by atoms with Gasteiger partial charge >= 0.3 is 0 Å². The fraction of sp³-hybridized carbons (Fsp3) is 0.318. The summed E-state index contributed by atoms with van der Waals surface area (Å²) >= 11 is 0. The predicted octanol–water partition coefficient (Wildman–Crippen LogP) is 2.87. The Balaban J connectivity index is 1.68. The first-order valence-electron chi connectivity index (χ1n) is 9.39. The summed E-state index contributed by atoms with van der Waals surface area (Å²) in [5.74, 6) is -0.622. The Morgan fingerprint density at radius 1 is 0.759 bits per heavy atom. The molecule has 7 nitrogen and oxygen atoms in total. The van der Waals surface area contributed by atoms with Gasteiger partial charge in [0.1, 0.15) is 5.75 Å². The third-order valence-corrected chi connectivity index (χ3v) is 4.15. The van der Waals surface area contributed by atoms with Crippen molar-refractivity contribution in [3.8, 4) is 5.75 Å². The first kappa shape index (κ1) is 21.9. The number of hydrazine groups is 1. The van der Waals surface area contributed by atoms with Crippen molar-refractivity contribution in [2.75, 3.05) is 11.9 Å². The third-order valence-electron chi connectivity index (χ3n) is 4.15. The number of benzene rings is 2. The lowest BCUT2D eigenvalue weighted by Gasteiger charge is -2.11. The van der Waals surface area contributed by atoms with Crippen LogP contribution in [0.25, 0.3) is 0 Å². The fourth-order valence-corrected chi connectivity index (χ4v) is 2.71. The average Bonchev–Trinajstić information content (AvgIpc) is 2.65. The van der Waals surface area contributed by atoms with Crippen molar-refractivity contribution in [1.29, 1.82) is 0 Å². The molecule has 0 aliphatic heterocycles. The van der Waals surface area contributed by atoms with Gasteiger partial charge in [0.2, 0.25) is 11.8 Å². The molecule has 0 saturated heterocycles. The lowest BCUT2D eigenvalue weighted by Crippen LogP contribution is -2.44. The lowest BCUT2D eigenvalue weighted by atomic mass is 10.1. The number of carbonyl (C=O) groups excluding carboxylic acids is 3. The van der Waals surface area contributed by atoms with Crippen LogP contribution in [0.15, 0.2) is 36.4 Å². The molecule has 154 valence electrons. The van der Waals surface area contributed by atoms with Gasteiger partial charge in [-0.3, -0.25) is 25.2 Å². The highest BCUT2D eigenvalue weighted by molar-refractivity contribution is 5.94. The summed E-state index contributed by atoms with van der Waals surface area (Å²) in [5.41, 5.74) is 9.34. The van der Waals surface area contributed by atoms with Gasteiger partial charge in [0.05, 0.1) is 0 Å². The van der Waals surface area contributed by atoms with E-state index in [0.717, 1.165) is 27.9 Å². The molecule has 0 heterocycles. The van der Waals surface area contributed by atoms with E-state index in [1.54, 1.807) is 0 Å². The van der Waals surface area contributed by atoms with Gasteiger partial charge in [-0.15, -0.1) is 0 Å². The van der Waals surface area contributed by atoms with Gasteiger partial charge in [-0.05, 0) is 68.1 Å². The molecule has 0 bridgehead atoms. The predicted molar refractivity (Wildman–Crippen MR) is 111 cm³/mol. The van der Waals surface area contributed by atoms with Gasteiger partial charge in [0.15, 0.2) is 6.61 Å². The number of carbonyl (C=O) groups is 3. The van der Waals surface area contributed by atoms with E-state index in [-0.39, 0.29) is 25.4 Å². The van der Waals surface area contributed by atoms with Gasteiger partial charge < -0.3 is 10.1 Å². The van der Waals surface area contributed by atoms with Crippen molar-refractivity contribution in [3.05, 3.63) is 58.7 Å². The van der Waals surface area contributed by atoms with Gasteiger partial charge in [-0.1, -0.05) is 18.2 Å². The molecule has 0 saturated carbocycles. The second kappa shape index (κ2) is 10.3. The molecule has 2 rings (SSSR count). The van der Waals surface area contributed by atoms with E-state index >= 15 is 0 Å². The second-order valence-electron chi connectivity index (χ2n) is 7.07. The Bertz CT molecular complexity index is 889. The molecule has 7 heteroatoms. The van der Waals surface area contributed by atoms with E-state index in [1.807, 2.05) is 64.1 Å². The molecule has 3 N–H and O–H groups in total. The van der Waals surface area contributed by atoms with Gasteiger partial charge in [0.25, 0.3) is 5.91 Å². The molecule has 0 atom stereocenters. The number of hydrogen-bond donors (Lipinski definition) is 3. The Labute approximate surface area is 170 Å². The zero-order chi connectivity index (χ0) is 21.4. The van der Waals surface area contributed by atoms with E-state index in [0.29, 0.717) is 5.75 Å². The number of nitrogens with one attached hydrogen (secondary N) is 3. The largest absolute Gasteiger partial charge is 0.484 e. The molecule has 0 aliphatic rings. The molecule has 2 aromatic carbocycles. The maximum absolute atomic E-state index is 12.0. The number of aryl methyl sites for hydroxylation is 4. The highest BCUT2D eigenvalue weighted by Crippen LogP contribution is 2.17. The lowest BCUT2D eigenvalue weighted by molar-refractivity contribution is -0.130. The zero-order valence-corrected chi connectivity index (χ0v) is 17.2. The highest BCUT2D eigenvalue weighted by atomic mass is 16.5. The SMILES string of the molecule is Cc1cc(C)cc(OCC(=O)NNC(=O)CCC(=O)Nc2cc(C)ccc2C)c1. The van der Waals surface area contributed by atoms with Crippen LogP contribution in [0.1, 0.15) is 35.1 Å². The number of ether oxygens (including phenoxy) is 1. The minimum absolute atomic E-state index is 0.00809. The van der Waals surface area contributed by atoms with Gasteiger partial charge in [-0.25, -0.2) is 0 Å². The fourth-order valence-electron chi connectivity index (χ4n) is 2.71. The van der Waals surface area contributed by atoms with Crippen molar-refractivity contribution >= 4 is 23.4 Å². The smallest absolute Gasteiger partial charge is 0.276 e. The highest BCUT2D eigenvalue weighted by Gasteiger charge is 2.10. The second-order valence-corrected chi connectivity index (χ2v) is 7.07. The summed E-state index contributed by atoms with van der Waals surface area (Å²) in [4.78, 5) is 35.7. The van der Waals surface area contributed by atoms with Crippen LogP contribution in [-0.2, 0) is 14.4 Å². The van der Waals surface area contributed by atoms with E-state index in [9.17, 15) is 14.4 Å². The van der Waals surface area contributed by atoms with E-state index in [4.69, 9.17) is 4.74 Å². The van der Waals surface area contributed by atoms with Crippen LogP contribution in [0.3, 0.4) is 0 Å². The molecule has 2 aromatic rings. The van der Waals surface area contributed by atoms with Crippen LogP contribution in [-0.4, -0.2) is 24.3 Å². The van der Waals surface area contributed by atoms with Crippen molar-refractivity contribution in [1.82, 2.24) is 10.9 Å². The summed E-state index contributed by atoms with van der Waals surface area (Å²) in [5, 5.41) is 2.79. The minimum atomic E-state index is -0.489. The molecule has 0 aliphatic carbocycles. The minimum Gasteiger partial charge on any atom is -0.484 e. The number of amides is 3. The molecular weight excluding hydrogens is 370 g/mol. The summed E-state index contributed by atoms with van der Waals surface area (Å²) in [6.07, 6.45) is -0.0386. The van der Waals surface area contributed by atoms with Crippen LogP contribution >= 0.6 is 0 Å². The molecule has 0 spiro atoms. The number of rotatable bonds is 7. The Kier molecular flexibility index (Phi) is 7.77. The maximum Gasteiger partial charge on any atom is 0.276 e. The number of anilines is 1. The van der Waals surface area contributed by atoms with Crippen molar-refractivity contribution in [3.63, 3.8) is 0 Å². The van der Waals surface area contributed by atoms with E-state index in [2.05, 4.69) is 16.2 Å². The summed E-state index contributed by atoms with van der Waals surface area (Å²) < 4.78 is 5.42. The van der Waals surface area contributed by atoms with Gasteiger partial charge in [0, 0.05) is 18.5 Å². The van der Waals surface area contributed by atoms with Gasteiger partial charge in [-0.2, -0.15) is 0 Å². The van der Waals surface area contributed by atoms with E-state index in [1.165, 1.54) is 0 Å². The maximum atomic E-state index is 12.0. The van der Waals surface area contributed by atoms with Crippen LogP contribution in [0.2, 0.25) is 0 Å². The quantitative estimate of drug-likeness (QED) is 0.626. The van der Waals surface area contributed by atoms with Crippen molar-refractivity contribution in [2.24, 2.45) is 0 Å². The Morgan fingerprint density at radius 2 is 1.38 bits per heavy atom. The molecule has 29 heavy (non-hydrogen) atoms. The molecule has 0 fully saturated rings. The topological polar surface area (TPSA) is 96.5 Å². The molecule has 3 amide bonds. The summed E-state index contributed by atoms with van der Waals surface area (Å²) in [6, 6.07) is 11.4. The molecule has 0 aromatic heterocycles. The number of hydrogen-bond acceptors (Lipinski definition) is 4. The van der Waals surface area contributed by atoms with E-state index < -0.39 is 11.8 Å². The average molecular weight is 397 g/mol. The van der Waals surface area contributed by atoms with Crippen LogP contribution in [0, 0.1) is 27.7 Å². The third kappa shape index (κ3) is 7.65. The first-order valence-corrected chi connectivity index (χ1v) is 9.39. The monoisotopic (exact) mass is 397 g/mol. The molecule has 0 radical (unpaired) electrons. The summed E-state index contributed by atoms with van der Waals surface area (Å²) in [7, 11) is 0. The summed E-state index contributed by atoms with van der Waals surface area (Å²) in [6.45, 7) is 7.50. The van der Waals surface area contributed by atoms with Crippen LogP contribution in [0.4, 0.5) is 5.69 Å². The molecule has 0 unspecified atom stereocenters. The standard InChI is InChI=1S/C22H27N3O4/c1-14-5-6-17(4)19(12-14)23-20(26)7-8-21(27)24-25-22(28)13-29-18-10-15(2)9-16(3)11-18/h5-6,9-12H,7-8,13H2,1-4H3,(H,23,26)(H,24,27)(H,25,28). The Morgan fingerprint density at radius 3 is 2.07 bits per heavy atom. The first-order chi connectivity index (χ1) is 13.7. The van der Waals surface area contributed by atoms with Crippen LogP contribution < -0.4 is 20.9 Å². The van der Waals surface area contributed by atoms with Crippen LogP contribution in [0.5, 0.6) is 5.75 Å². The van der Waals surface area contributed by atoms with Crippen molar-refractivity contribution < 1.29 is 19.1 Å². The van der Waals surface area contributed by atoms with Crippen molar-refractivity contribution in [2.45, 2.75) is 40.5 Å². The Hall–Kier alpha value is -3.35.